The predicted octanol–water partition coefficient (Wildman–Crippen LogP) is 0.00820. The molecule has 0 spiro atoms. The van der Waals surface area contributed by atoms with Gasteiger partial charge >= 0.3 is 0 Å². The molecule has 5 heteroatoms. The maximum Gasteiger partial charge on any atom is 0.263 e. The smallest absolute Gasteiger partial charge is 0.263 e. The van der Waals surface area contributed by atoms with Crippen LogP contribution in [-0.2, 0) is 9.53 Å². The molecule has 5 nitrogen and oxygen atoms in total. The minimum absolute atomic E-state index is 0.188. The van der Waals surface area contributed by atoms with Gasteiger partial charge in [0.1, 0.15) is 6.10 Å². The van der Waals surface area contributed by atoms with Crippen molar-refractivity contribution in [1.82, 2.24) is 10.3 Å². The van der Waals surface area contributed by atoms with Crippen molar-refractivity contribution in [2.24, 2.45) is 5.84 Å². The lowest BCUT2D eigenvalue weighted by atomic mass is 9.91. The summed E-state index contributed by atoms with van der Waals surface area (Å²) in [6, 6.07) is 0.728. The van der Waals surface area contributed by atoms with Crippen molar-refractivity contribution in [2.75, 3.05) is 13.6 Å². The zero-order chi connectivity index (χ0) is 11.5. The lowest BCUT2D eigenvalue weighted by molar-refractivity contribution is -0.132. The van der Waals surface area contributed by atoms with Gasteiger partial charge in [-0.15, -0.1) is 0 Å². The maximum absolute atomic E-state index is 11.3. The van der Waals surface area contributed by atoms with Crippen molar-refractivity contribution < 1.29 is 9.53 Å². The third-order valence-corrected chi connectivity index (χ3v) is 3.73. The Bertz CT molecular complexity index is 256. The van der Waals surface area contributed by atoms with E-state index in [0.29, 0.717) is 0 Å². The highest BCUT2D eigenvalue weighted by atomic mass is 16.5. The molecule has 3 N–H and O–H groups in total. The van der Waals surface area contributed by atoms with E-state index in [4.69, 9.17) is 10.6 Å². The number of hydrogen-bond donors (Lipinski definition) is 2. The van der Waals surface area contributed by atoms with Gasteiger partial charge in [-0.3, -0.25) is 10.2 Å². The van der Waals surface area contributed by atoms with E-state index in [1.165, 1.54) is 19.3 Å². The molecule has 1 saturated carbocycles. The first-order valence-electron chi connectivity index (χ1n) is 6.07. The van der Waals surface area contributed by atoms with E-state index in [-0.39, 0.29) is 18.1 Å². The number of nitrogens with zero attached hydrogens (tertiary/aromatic N) is 1. The highest BCUT2D eigenvalue weighted by Crippen LogP contribution is 2.26. The first-order valence-corrected chi connectivity index (χ1v) is 6.07. The van der Waals surface area contributed by atoms with Gasteiger partial charge in [0, 0.05) is 12.6 Å². The Kier molecular flexibility index (Phi) is 3.78. The average molecular weight is 227 g/mol. The molecule has 1 saturated heterocycles. The first kappa shape index (κ1) is 11.8. The molecule has 1 amide bonds. The molecule has 92 valence electrons. The molecule has 1 heterocycles. The van der Waals surface area contributed by atoms with Gasteiger partial charge in [-0.25, -0.2) is 5.84 Å². The Balaban J connectivity index is 1.73. The van der Waals surface area contributed by atoms with E-state index in [1.807, 2.05) is 0 Å². The quantitative estimate of drug-likeness (QED) is 0.403. The molecule has 2 fully saturated rings. The number of likely N-dealkylation sites (N-methyl/N-ethyl adjacent to an activating group) is 1. The third-order valence-electron chi connectivity index (χ3n) is 3.73. The molecule has 16 heavy (non-hydrogen) atoms. The van der Waals surface area contributed by atoms with Crippen LogP contribution in [0.3, 0.4) is 0 Å². The van der Waals surface area contributed by atoms with Crippen molar-refractivity contribution in [2.45, 2.75) is 50.4 Å². The summed E-state index contributed by atoms with van der Waals surface area (Å²) in [5.74, 6) is 4.89. The van der Waals surface area contributed by atoms with Crippen molar-refractivity contribution in [3.05, 3.63) is 0 Å². The van der Waals surface area contributed by atoms with Crippen LogP contribution in [0.2, 0.25) is 0 Å². The van der Waals surface area contributed by atoms with Crippen LogP contribution in [0.1, 0.15) is 32.1 Å². The molecular weight excluding hydrogens is 206 g/mol. The van der Waals surface area contributed by atoms with Gasteiger partial charge < -0.3 is 9.64 Å². The van der Waals surface area contributed by atoms with E-state index in [1.54, 1.807) is 0 Å². The van der Waals surface area contributed by atoms with Gasteiger partial charge in [0.25, 0.3) is 5.91 Å². The number of hydrogen-bond acceptors (Lipinski definition) is 4. The summed E-state index contributed by atoms with van der Waals surface area (Å²) in [7, 11) is 2.14. The van der Waals surface area contributed by atoms with Crippen molar-refractivity contribution >= 4 is 5.91 Å². The zero-order valence-corrected chi connectivity index (χ0v) is 9.82. The largest absolute Gasteiger partial charge is 0.364 e. The number of amides is 1. The van der Waals surface area contributed by atoms with Gasteiger partial charge in [-0.1, -0.05) is 6.42 Å². The molecule has 0 aromatic heterocycles. The lowest BCUT2D eigenvalue weighted by Crippen LogP contribution is -2.43. The first-order chi connectivity index (χ1) is 7.70. The van der Waals surface area contributed by atoms with Crippen LogP contribution in [0.15, 0.2) is 0 Å². The summed E-state index contributed by atoms with van der Waals surface area (Å²) < 4.78 is 5.67. The molecule has 2 unspecified atom stereocenters. The number of nitrogens with two attached hydrogens (primary N) is 1. The second-order valence-corrected chi connectivity index (χ2v) is 4.86. The fraction of sp³-hybridized carbons (Fsp3) is 0.909. The Labute approximate surface area is 96.3 Å². The topological polar surface area (TPSA) is 67.6 Å². The van der Waals surface area contributed by atoms with Crippen LogP contribution in [0, 0.1) is 0 Å². The van der Waals surface area contributed by atoms with Crippen LogP contribution in [0.25, 0.3) is 0 Å². The summed E-state index contributed by atoms with van der Waals surface area (Å²) >= 11 is 0. The number of carbonyl (C=O) groups excluding carboxylic acids is 1. The van der Waals surface area contributed by atoms with Gasteiger partial charge in [0.05, 0.1) is 6.10 Å². The summed E-state index contributed by atoms with van der Waals surface area (Å²) in [5.41, 5.74) is 2.15. The fourth-order valence-corrected chi connectivity index (χ4v) is 2.42. The predicted molar refractivity (Wildman–Crippen MR) is 60.5 cm³/mol. The maximum atomic E-state index is 11.3. The average Bonchev–Trinajstić information content (AvgIpc) is 2.62. The van der Waals surface area contributed by atoms with Crippen LogP contribution in [-0.4, -0.2) is 42.6 Å². The second-order valence-electron chi connectivity index (χ2n) is 4.86. The molecule has 2 atom stereocenters. The molecule has 1 aliphatic carbocycles. The van der Waals surface area contributed by atoms with E-state index in [2.05, 4.69) is 17.4 Å². The SMILES string of the molecule is CN(CC1CCC(C(=O)NN)O1)C1CCC1. The number of hydrazine groups is 1. The van der Waals surface area contributed by atoms with E-state index < -0.39 is 0 Å². The number of nitrogens with one attached hydrogen (secondary N) is 1. The second kappa shape index (κ2) is 5.12. The molecule has 1 aliphatic heterocycles. The van der Waals surface area contributed by atoms with E-state index in [9.17, 15) is 4.79 Å². The van der Waals surface area contributed by atoms with Crippen molar-refractivity contribution in [3.8, 4) is 0 Å². The van der Waals surface area contributed by atoms with Gasteiger partial charge in [-0.2, -0.15) is 0 Å². The summed E-state index contributed by atoms with van der Waals surface area (Å²) in [6.45, 7) is 0.930. The highest BCUT2D eigenvalue weighted by Gasteiger charge is 2.32. The van der Waals surface area contributed by atoms with Gasteiger partial charge in [0.2, 0.25) is 0 Å². The van der Waals surface area contributed by atoms with E-state index >= 15 is 0 Å². The minimum Gasteiger partial charge on any atom is -0.364 e. The Morgan fingerprint density at radius 1 is 1.44 bits per heavy atom. The van der Waals surface area contributed by atoms with Crippen molar-refractivity contribution in [3.63, 3.8) is 0 Å². The van der Waals surface area contributed by atoms with Crippen LogP contribution >= 0.6 is 0 Å². The monoisotopic (exact) mass is 227 g/mol. The Morgan fingerprint density at radius 3 is 2.75 bits per heavy atom. The fourth-order valence-electron chi connectivity index (χ4n) is 2.42. The highest BCUT2D eigenvalue weighted by molar-refractivity contribution is 5.80. The summed E-state index contributed by atoms with van der Waals surface area (Å²) in [6.07, 6.45) is 5.53. The minimum atomic E-state index is -0.343. The van der Waals surface area contributed by atoms with Gasteiger partial charge in [-0.05, 0) is 32.7 Å². The molecule has 0 radical (unpaired) electrons. The molecule has 2 rings (SSSR count). The molecule has 0 bridgehead atoms. The van der Waals surface area contributed by atoms with E-state index in [0.717, 1.165) is 25.4 Å². The van der Waals surface area contributed by atoms with Crippen molar-refractivity contribution in [1.29, 1.82) is 0 Å². The van der Waals surface area contributed by atoms with Crippen LogP contribution < -0.4 is 11.3 Å². The Hall–Kier alpha value is -0.650. The molecular formula is C11H21N3O2. The van der Waals surface area contributed by atoms with Crippen LogP contribution in [0.5, 0.6) is 0 Å². The summed E-state index contributed by atoms with van der Waals surface area (Å²) in [4.78, 5) is 13.6. The lowest BCUT2D eigenvalue weighted by Gasteiger charge is -2.36. The number of carbonyl (C=O) groups is 1. The number of ether oxygens (including phenoxy) is 1. The molecule has 0 aromatic rings. The zero-order valence-electron chi connectivity index (χ0n) is 9.82. The molecule has 0 aromatic carbocycles. The van der Waals surface area contributed by atoms with Crippen LogP contribution in [0.4, 0.5) is 0 Å². The standard InChI is InChI=1S/C11H21N3O2/c1-14(8-3-2-4-8)7-9-5-6-10(16-9)11(15)13-12/h8-10H,2-7,12H2,1H3,(H,13,15). The Morgan fingerprint density at radius 2 is 2.19 bits per heavy atom. The normalized spacial score (nSPS) is 30.4. The summed E-state index contributed by atoms with van der Waals surface area (Å²) in [5, 5.41) is 0. The number of rotatable bonds is 4. The molecule has 2 aliphatic rings. The third kappa shape index (κ3) is 2.53. The van der Waals surface area contributed by atoms with Gasteiger partial charge in [0.15, 0.2) is 0 Å².